The Hall–Kier alpha value is -3.71. The summed E-state index contributed by atoms with van der Waals surface area (Å²) in [5.41, 5.74) is 7.22. The molecule has 0 spiro atoms. The van der Waals surface area contributed by atoms with Gasteiger partial charge in [0.25, 0.3) is 0 Å². The Labute approximate surface area is 202 Å². The van der Waals surface area contributed by atoms with Crippen LogP contribution in [0.2, 0.25) is 0 Å². The average molecular weight is 465 g/mol. The van der Waals surface area contributed by atoms with Crippen LogP contribution >= 0.6 is 12.2 Å². The molecule has 6 nitrogen and oxygen atoms in total. The highest BCUT2D eigenvalue weighted by Crippen LogP contribution is 2.32. The number of pyridine rings is 2. The van der Waals surface area contributed by atoms with Gasteiger partial charge >= 0.3 is 0 Å². The van der Waals surface area contributed by atoms with E-state index in [0.29, 0.717) is 5.11 Å². The Kier molecular flexibility index (Phi) is 5.47. The third-order valence-electron chi connectivity index (χ3n) is 6.39. The van der Waals surface area contributed by atoms with Crippen LogP contribution < -0.4 is 10.6 Å². The molecule has 0 aliphatic heterocycles. The quantitative estimate of drug-likeness (QED) is 0.145. The lowest BCUT2D eigenvalue weighted by Gasteiger charge is -2.15. The summed E-state index contributed by atoms with van der Waals surface area (Å²) in [6, 6.07) is 13.9. The largest absolute Gasteiger partial charge is 0.362 e. The van der Waals surface area contributed by atoms with E-state index in [0.717, 1.165) is 62.5 Å². The average Bonchev–Trinajstić information content (AvgIpc) is 2.88. The van der Waals surface area contributed by atoms with Crippen molar-refractivity contribution >= 4 is 66.9 Å². The summed E-state index contributed by atoms with van der Waals surface area (Å²) in [5.74, 6) is 0. The van der Waals surface area contributed by atoms with E-state index in [1.165, 1.54) is 31.3 Å². The predicted octanol–water partition coefficient (Wildman–Crippen LogP) is 6.06. The first-order valence-corrected chi connectivity index (χ1v) is 12.1. The molecule has 0 radical (unpaired) electrons. The highest BCUT2D eigenvalue weighted by molar-refractivity contribution is 7.80. The fraction of sp³-hybridized carbons (Fsp3) is 0.222. The van der Waals surface area contributed by atoms with Gasteiger partial charge in [0.1, 0.15) is 11.0 Å². The SMILES string of the molecule is S=C(NCCC1=CCCCC1)Nc1ccc2nc3c4ncccc4c4cccnc4c3nc2c1. The minimum atomic E-state index is 0.617. The first-order valence-electron chi connectivity index (χ1n) is 11.7. The van der Waals surface area contributed by atoms with Crippen LogP contribution in [0, 0.1) is 0 Å². The summed E-state index contributed by atoms with van der Waals surface area (Å²) >= 11 is 5.52. The van der Waals surface area contributed by atoms with Gasteiger partial charge in [0, 0.05) is 35.4 Å². The zero-order valence-corrected chi connectivity index (χ0v) is 19.5. The number of rotatable bonds is 4. The Morgan fingerprint density at radius 1 is 0.853 bits per heavy atom. The van der Waals surface area contributed by atoms with Gasteiger partial charge in [0.2, 0.25) is 0 Å². The maximum Gasteiger partial charge on any atom is 0.170 e. The lowest BCUT2D eigenvalue weighted by molar-refractivity contribution is 0.669. The fourth-order valence-electron chi connectivity index (χ4n) is 4.73. The van der Waals surface area contributed by atoms with Gasteiger partial charge in [-0.15, -0.1) is 0 Å². The van der Waals surface area contributed by atoms with Crippen molar-refractivity contribution in [1.82, 2.24) is 25.3 Å². The Bertz CT molecular complexity index is 1590. The fourth-order valence-corrected chi connectivity index (χ4v) is 4.95. The van der Waals surface area contributed by atoms with Gasteiger partial charge in [0.15, 0.2) is 5.11 Å². The summed E-state index contributed by atoms with van der Waals surface area (Å²) in [6.45, 7) is 0.841. The second kappa shape index (κ2) is 8.91. The van der Waals surface area contributed by atoms with E-state index in [9.17, 15) is 0 Å². The highest BCUT2D eigenvalue weighted by atomic mass is 32.1. The minimum Gasteiger partial charge on any atom is -0.362 e. The number of hydrogen-bond acceptors (Lipinski definition) is 5. The Morgan fingerprint density at radius 2 is 1.59 bits per heavy atom. The van der Waals surface area contributed by atoms with Crippen molar-refractivity contribution in [2.75, 3.05) is 11.9 Å². The molecule has 0 saturated heterocycles. The van der Waals surface area contributed by atoms with Crippen molar-refractivity contribution in [1.29, 1.82) is 0 Å². The van der Waals surface area contributed by atoms with E-state index in [1.54, 1.807) is 12.4 Å². The van der Waals surface area contributed by atoms with Crippen LogP contribution in [0.3, 0.4) is 0 Å². The summed E-state index contributed by atoms with van der Waals surface area (Å²) < 4.78 is 0. The van der Waals surface area contributed by atoms with Gasteiger partial charge in [-0.3, -0.25) is 9.97 Å². The van der Waals surface area contributed by atoms with Crippen molar-refractivity contribution in [2.45, 2.75) is 32.1 Å². The van der Waals surface area contributed by atoms with Crippen LogP contribution in [0.15, 0.2) is 66.5 Å². The summed E-state index contributed by atoms with van der Waals surface area (Å²) in [4.78, 5) is 19.1. The van der Waals surface area contributed by atoms with Crippen LogP contribution in [0.4, 0.5) is 5.69 Å². The number of aromatic nitrogens is 4. The molecule has 7 heteroatoms. The normalized spacial score (nSPS) is 13.9. The van der Waals surface area contributed by atoms with Crippen molar-refractivity contribution < 1.29 is 0 Å². The summed E-state index contributed by atoms with van der Waals surface area (Å²) in [6.07, 6.45) is 12.1. The molecule has 0 saturated carbocycles. The Balaban J connectivity index is 1.31. The molecule has 0 unspecified atom stereocenters. The minimum absolute atomic E-state index is 0.617. The molecule has 0 fully saturated rings. The molecule has 5 aromatic rings. The first-order chi connectivity index (χ1) is 16.8. The molecule has 3 heterocycles. The van der Waals surface area contributed by atoms with Gasteiger partial charge in [-0.25, -0.2) is 9.97 Å². The van der Waals surface area contributed by atoms with Crippen LogP contribution in [0.25, 0.3) is 43.9 Å². The number of allylic oxidation sites excluding steroid dienone is 1. The monoisotopic (exact) mass is 464 g/mol. The number of anilines is 1. The number of benzene rings is 2. The molecule has 0 bridgehead atoms. The zero-order chi connectivity index (χ0) is 22.9. The molecule has 0 atom stereocenters. The topological polar surface area (TPSA) is 75.6 Å². The molecule has 2 aromatic carbocycles. The Morgan fingerprint density at radius 3 is 2.29 bits per heavy atom. The van der Waals surface area contributed by atoms with Crippen molar-refractivity contribution in [3.05, 3.63) is 66.5 Å². The standard InChI is InChI=1S/C27H24N6S/c34-27(30-15-12-17-6-2-1-3-7-17)31-18-10-11-21-22(16-18)33-26-24-20(9-5-14-29-24)19-8-4-13-28-23(19)25(26)32-21/h4-6,8-11,13-14,16H,1-3,7,12,15H2,(H2,30,31,34). The number of nitrogens with zero attached hydrogens (tertiary/aromatic N) is 4. The van der Waals surface area contributed by atoms with E-state index in [1.807, 2.05) is 30.3 Å². The number of nitrogens with one attached hydrogen (secondary N) is 2. The predicted molar refractivity (Wildman–Crippen MR) is 143 cm³/mol. The maximum atomic E-state index is 5.52. The van der Waals surface area contributed by atoms with E-state index in [4.69, 9.17) is 22.2 Å². The smallest absolute Gasteiger partial charge is 0.170 e. The molecular weight excluding hydrogens is 440 g/mol. The lowest BCUT2D eigenvalue weighted by Crippen LogP contribution is -2.29. The molecule has 1 aliphatic carbocycles. The van der Waals surface area contributed by atoms with Crippen molar-refractivity contribution in [2.24, 2.45) is 0 Å². The van der Waals surface area contributed by atoms with Crippen LogP contribution in [-0.4, -0.2) is 31.6 Å². The second-order valence-electron chi connectivity index (χ2n) is 8.66. The molecule has 1 aliphatic rings. The van der Waals surface area contributed by atoms with E-state index in [-0.39, 0.29) is 0 Å². The third kappa shape index (κ3) is 3.92. The first kappa shape index (κ1) is 20.9. The van der Waals surface area contributed by atoms with E-state index >= 15 is 0 Å². The number of hydrogen-bond donors (Lipinski definition) is 2. The van der Waals surface area contributed by atoms with Gasteiger partial charge < -0.3 is 10.6 Å². The summed E-state index contributed by atoms with van der Waals surface area (Å²) in [7, 11) is 0. The zero-order valence-electron chi connectivity index (χ0n) is 18.7. The molecule has 3 aromatic heterocycles. The number of thiocarbonyl (C=S) groups is 1. The second-order valence-corrected chi connectivity index (χ2v) is 9.07. The lowest BCUT2D eigenvalue weighted by atomic mass is 9.97. The van der Waals surface area contributed by atoms with Crippen LogP contribution in [0.1, 0.15) is 32.1 Å². The molecule has 2 N–H and O–H groups in total. The van der Waals surface area contributed by atoms with Crippen LogP contribution in [0.5, 0.6) is 0 Å². The summed E-state index contributed by atoms with van der Waals surface area (Å²) in [5, 5.41) is 9.29. The maximum absolute atomic E-state index is 5.52. The van der Waals surface area contributed by atoms with E-state index in [2.05, 4.69) is 38.8 Å². The van der Waals surface area contributed by atoms with Crippen LogP contribution in [-0.2, 0) is 0 Å². The van der Waals surface area contributed by atoms with Gasteiger partial charge in [-0.2, -0.15) is 0 Å². The highest BCUT2D eigenvalue weighted by Gasteiger charge is 2.14. The van der Waals surface area contributed by atoms with Gasteiger partial charge in [-0.1, -0.05) is 23.8 Å². The van der Waals surface area contributed by atoms with Gasteiger partial charge in [-0.05, 0) is 74.7 Å². The van der Waals surface area contributed by atoms with E-state index < -0.39 is 0 Å². The molecule has 6 rings (SSSR count). The van der Waals surface area contributed by atoms with Gasteiger partial charge in [0.05, 0.1) is 22.1 Å². The molecule has 168 valence electrons. The van der Waals surface area contributed by atoms with Crippen molar-refractivity contribution in [3.63, 3.8) is 0 Å². The molecule has 0 amide bonds. The molecular formula is C27H24N6S. The molecule has 34 heavy (non-hydrogen) atoms. The third-order valence-corrected chi connectivity index (χ3v) is 6.64. The number of fused-ring (bicyclic) bond motifs is 7. The van der Waals surface area contributed by atoms with Crippen molar-refractivity contribution in [3.8, 4) is 0 Å².